The van der Waals surface area contributed by atoms with Gasteiger partial charge in [0.2, 0.25) is 10.0 Å². The molecule has 2 aromatic carbocycles. The van der Waals surface area contributed by atoms with Gasteiger partial charge in [-0.2, -0.15) is 0 Å². The lowest BCUT2D eigenvalue weighted by Gasteiger charge is -2.32. The zero-order valence-corrected chi connectivity index (χ0v) is 19.2. The third-order valence-electron chi connectivity index (χ3n) is 5.71. The molecule has 3 rings (SSSR count). The fourth-order valence-electron chi connectivity index (χ4n) is 3.14. The summed E-state index contributed by atoms with van der Waals surface area (Å²) in [6.07, 6.45) is 0. The highest BCUT2D eigenvalue weighted by Crippen LogP contribution is 2.36. The first-order chi connectivity index (χ1) is 14.6. The summed E-state index contributed by atoms with van der Waals surface area (Å²) in [5.41, 5.74) is 2.03. The Morgan fingerprint density at radius 2 is 1.42 bits per heavy atom. The maximum Gasteiger partial charge on any atom is 0.494 e. The Morgan fingerprint density at radius 1 is 0.903 bits per heavy atom. The molecule has 0 atom stereocenters. The first kappa shape index (κ1) is 23.9. The normalized spacial score (nSPS) is 17.8. The molecule has 2 aromatic rings. The number of benzene rings is 2. The van der Waals surface area contributed by atoms with E-state index in [-0.39, 0.29) is 31.3 Å². The summed E-state index contributed by atoms with van der Waals surface area (Å²) >= 11 is 0. The van der Waals surface area contributed by atoms with Crippen LogP contribution in [0.15, 0.2) is 53.4 Å². The molecule has 0 spiro atoms. The van der Waals surface area contributed by atoms with E-state index in [9.17, 15) is 8.42 Å². The molecule has 168 valence electrons. The average molecular weight is 447 g/mol. The van der Waals surface area contributed by atoms with E-state index in [4.69, 9.17) is 19.2 Å². The third-order valence-corrected chi connectivity index (χ3v) is 7.19. The molecule has 0 unspecified atom stereocenters. The summed E-state index contributed by atoms with van der Waals surface area (Å²) in [4.78, 5) is 0.187. The Balaban J connectivity index is 1.65. The van der Waals surface area contributed by atoms with Crippen molar-refractivity contribution in [3.63, 3.8) is 0 Å². The van der Waals surface area contributed by atoms with Gasteiger partial charge in [-0.15, -0.1) is 0 Å². The topological polar surface area (TPSA) is 94.1 Å². The fraction of sp³-hybridized carbons (Fsp3) is 0.455. The van der Waals surface area contributed by atoms with Crippen molar-refractivity contribution in [3.05, 3.63) is 48.5 Å². The second-order valence-electron chi connectivity index (χ2n) is 8.47. The summed E-state index contributed by atoms with van der Waals surface area (Å²) in [7, 11) is -4.03. The van der Waals surface area contributed by atoms with Crippen molar-refractivity contribution in [1.82, 2.24) is 4.72 Å². The summed E-state index contributed by atoms with van der Waals surface area (Å²) in [6.45, 7) is 8.52. The molecule has 0 aliphatic carbocycles. The standard InChI is InChI=1S/C22H30BNO6S/c1-21(2)22(3,4)30-23(29-21)19-9-5-17(6-10-19)18-7-11-20(12-8-18)31(26,27)24-13-15-28-16-14-25/h5-12,24-25H,13-16H2,1-4H3. The Bertz CT molecular complexity index is 958. The summed E-state index contributed by atoms with van der Waals surface area (Å²) in [6, 6.07) is 14.6. The number of hydrogen-bond acceptors (Lipinski definition) is 6. The molecule has 2 N–H and O–H groups in total. The molecular weight excluding hydrogens is 417 g/mol. The smallest absolute Gasteiger partial charge is 0.399 e. The molecule has 1 aliphatic rings. The van der Waals surface area contributed by atoms with Gasteiger partial charge in [0.05, 0.1) is 35.9 Å². The van der Waals surface area contributed by atoms with Crippen molar-refractivity contribution in [2.75, 3.05) is 26.4 Å². The molecule has 1 aliphatic heterocycles. The molecule has 0 bridgehead atoms. The molecule has 1 heterocycles. The van der Waals surface area contributed by atoms with Gasteiger partial charge in [0.15, 0.2) is 0 Å². The van der Waals surface area contributed by atoms with Crippen molar-refractivity contribution < 1.29 is 27.6 Å². The van der Waals surface area contributed by atoms with Gasteiger partial charge in [-0.05, 0) is 56.4 Å². The SMILES string of the molecule is CC1(C)OB(c2ccc(-c3ccc(S(=O)(=O)NCCOCCO)cc3)cc2)OC1(C)C. The highest BCUT2D eigenvalue weighted by Gasteiger charge is 2.51. The van der Waals surface area contributed by atoms with Crippen molar-refractivity contribution in [1.29, 1.82) is 0 Å². The van der Waals surface area contributed by atoms with Crippen LogP contribution >= 0.6 is 0 Å². The van der Waals surface area contributed by atoms with Gasteiger partial charge < -0.3 is 19.2 Å². The molecule has 0 aromatic heterocycles. The van der Waals surface area contributed by atoms with Crippen LogP contribution in [0, 0.1) is 0 Å². The second-order valence-corrected chi connectivity index (χ2v) is 10.2. The van der Waals surface area contributed by atoms with Crippen LogP contribution in [0.25, 0.3) is 11.1 Å². The highest BCUT2D eigenvalue weighted by molar-refractivity contribution is 7.89. The van der Waals surface area contributed by atoms with E-state index in [0.717, 1.165) is 16.6 Å². The zero-order chi connectivity index (χ0) is 22.7. The minimum absolute atomic E-state index is 0.0914. The van der Waals surface area contributed by atoms with E-state index in [2.05, 4.69) is 4.72 Å². The summed E-state index contributed by atoms with van der Waals surface area (Å²) in [5, 5.41) is 8.66. The van der Waals surface area contributed by atoms with E-state index < -0.39 is 28.3 Å². The van der Waals surface area contributed by atoms with Gasteiger partial charge in [0.1, 0.15) is 0 Å². The van der Waals surface area contributed by atoms with Crippen molar-refractivity contribution in [3.8, 4) is 11.1 Å². The van der Waals surface area contributed by atoms with Crippen LogP contribution in [0.1, 0.15) is 27.7 Å². The van der Waals surface area contributed by atoms with E-state index in [1.165, 1.54) is 0 Å². The number of ether oxygens (including phenoxy) is 1. The largest absolute Gasteiger partial charge is 0.494 e. The van der Waals surface area contributed by atoms with Crippen LogP contribution in [-0.4, -0.2) is 58.2 Å². The Kier molecular flexibility index (Phi) is 7.25. The lowest BCUT2D eigenvalue weighted by molar-refractivity contribution is 0.00578. The van der Waals surface area contributed by atoms with Crippen molar-refractivity contribution >= 4 is 22.6 Å². The van der Waals surface area contributed by atoms with Gasteiger partial charge in [0.25, 0.3) is 0 Å². The van der Waals surface area contributed by atoms with Crippen LogP contribution < -0.4 is 10.2 Å². The van der Waals surface area contributed by atoms with Crippen molar-refractivity contribution in [2.24, 2.45) is 0 Å². The van der Waals surface area contributed by atoms with Gasteiger partial charge >= 0.3 is 7.12 Å². The second kappa shape index (κ2) is 9.40. The van der Waals surface area contributed by atoms with E-state index in [0.29, 0.717) is 0 Å². The molecule has 1 fully saturated rings. The zero-order valence-electron chi connectivity index (χ0n) is 18.4. The van der Waals surface area contributed by atoms with Crippen LogP contribution in [0.2, 0.25) is 0 Å². The Labute approximate surface area is 184 Å². The molecule has 7 nitrogen and oxygen atoms in total. The first-order valence-corrected chi connectivity index (χ1v) is 11.8. The third kappa shape index (κ3) is 5.55. The Hall–Kier alpha value is -1.75. The van der Waals surface area contributed by atoms with Crippen LogP contribution in [0.3, 0.4) is 0 Å². The van der Waals surface area contributed by atoms with Gasteiger partial charge in [-0.1, -0.05) is 36.4 Å². The average Bonchev–Trinajstić information content (AvgIpc) is 2.95. The highest BCUT2D eigenvalue weighted by atomic mass is 32.2. The first-order valence-electron chi connectivity index (χ1n) is 10.3. The van der Waals surface area contributed by atoms with Gasteiger partial charge in [0, 0.05) is 6.54 Å². The van der Waals surface area contributed by atoms with Crippen molar-refractivity contribution in [2.45, 2.75) is 43.8 Å². The van der Waals surface area contributed by atoms with Crippen LogP contribution in [0.5, 0.6) is 0 Å². The van der Waals surface area contributed by atoms with Crippen LogP contribution in [-0.2, 0) is 24.1 Å². The fourth-order valence-corrected chi connectivity index (χ4v) is 4.15. The molecule has 1 saturated heterocycles. The quantitative estimate of drug-likeness (QED) is 0.451. The summed E-state index contributed by atoms with van der Waals surface area (Å²) in [5.74, 6) is 0. The molecule has 0 radical (unpaired) electrons. The van der Waals surface area contributed by atoms with Gasteiger partial charge in [-0.25, -0.2) is 13.1 Å². The minimum Gasteiger partial charge on any atom is -0.399 e. The number of rotatable bonds is 9. The lowest BCUT2D eigenvalue weighted by Crippen LogP contribution is -2.41. The maximum absolute atomic E-state index is 12.4. The van der Waals surface area contributed by atoms with Gasteiger partial charge in [-0.3, -0.25) is 0 Å². The number of sulfonamides is 1. The van der Waals surface area contributed by atoms with E-state index >= 15 is 0 Å². The molecule has 31 heavy (non-hydrogen) atoms. The summed E-state index contributed by atoms with van der Waals surface area (Å²) < 4.78 is 44.5. The van der Waals surface area contributed by atoms with E-state index in [1.54, 1.807) is 24.3 Å². The van der Waals surface area contributed by atoms with Crippen LogP contribution in [0.4, 0.5) is 0 Å². The monoisotopic (exact) mass is 447 g/mol. The van der Waals surface area contributed by atoms with E-state index in [1.807, 2.05) is 52.0 Å². The minimum atomic E-state index is -3.61. The number of aliphatic hydroxyl groups is 1. The number of hydrogen-bond donors (Lipinski definition) is 2. The number of aliphatic hydroxyl groups excluding tert-OH is 1. The maximum atomic E-state index is 12.4. The Morgan fingerprint density at radius 3 is 1.94 bits per heavy atom. The lowest BCUT2D eigenvalue weighted by atomic mass is 9.78. The predicted octanol–water partition coefficient (Wildman–Crippen LogP) is 1.94. The molecular formula is C22H30BNO6S. The molecule has 0 saturated carbocycles. The predicted molar refractivity (Wildman–Crippen MR) is 121 cm³/mol. The number of nitrogens with one attached hydrogen (secondary N) is 1. The molecule has 9 heteroatoms. The molecule has 0 amide bonds.